The van der Waals surface area contributed by atoms with Crippen LogP contribution in [0.2, 0.25) is 10.0 Å². The van der Waals surface area contributed by atoms with Crippen LogP contribution in [-0.4, -0.2) is 21.0 Å². The number of nitrogens with zero attached hydrogens (tertiary/aromatic N) is 3. The molecule has 0 saturated carbocycles. The van der Waals surface area contributed by atoms with Gasteiger partial charge in [-0.15, -0.1) is 0 Å². The van der Waals surface area contributed by atoms with E-state index in [-0.39, 0.29) is 16.3 Å². The SMILES string of the molecule is CCCc1nc2ccccc2c(=O)n1N=Cc1cc(Cl)cc(Cl)c1O. The molecule has 25 heavy (non-hydrogen) atoms. The Bertz CT molecular complexity index is 1030. The number of hydrogen-bond acceptors (Lipinski definition) is 4. The monoisotopic (exact) mass is 375 g/mol. The van der Waals surface area contributed by atoms with E-state index in [1.54, 1.807) is 18.2 Å². The summed E-state index contributed by atoms with van der Waals surface area (Å²) in [7, 11) is 0. The van der Waals surface area contributed by atoms with Gasteiger partial charge in [-0.05, 0) is 30.7 Å². The topological polar surface area (TPSA) is 67.5 Å². The van der Waals surface area contributed by atoms with E-state index in [1.165, 1.54) is 23.0 Å². The van der Waals surface area contributed by atoms with E-state index in [2.05, 4.69) is 10.1 Å². The molecule has 1 aromatic heterocycles. The Hall–Kier alpha value is -2.37. The Morgan fingerprint density at radius 1 is 1.28 bits per heavy atom. The van der Waals surface area contributed by atoms with Crippen LogP contribution in [0.15, 0.2) is 46.3 Å². The lowest BCUT2D eigenvalue weighted by molar-refractivity contribution is 0.474. The standard InChI is InChI=1S/C18H15Cl2N3O2/c1-2-5-16-22-15-7-4-3-6-13(15)18(25)23(16)21-10-11-8-12(19)9-14(20)17(11)24/h3-4,6-10,24H,2,5H2,1H3. The second-order valence-corrected chi connectivity index (χ2v) is 6.33. The summed E-state index contributed by atoms with van der Waals surface area (Å²) in [4.78, 5) is 17.3. The van der Waals surface area contributed by atoms with Crippen LogP contribution in [0.3, 0.4) is 0 Å². The van der Waals surface area contributed by atoms with Crippen LogP contribution in [0.5, 0.6) is 5.75 Å². The molecule has 3 rings (SSSR count). The summed E-state index contributed by atoms with van der Waals surface area (Å²) in [5.41, 5.74) is 0.689. The van der Waals surface area contributed by atoms with Crippen LogP contribution in [-0.2, 0) is 6.42 Å². The molecule has 128 valence electrons. The number of aryl methyl sites for hydroxylation is 1. The molecule has 1 N–H and O–H groups in total. The van der Waals surface area contributed by atoms with Crippen molar-refractivity contribution in [1.82, 2.24) is 9.66 Å². The average molecular weight is 376 g/mol. The van der Waals surface area contributed by atoms with Gasteiger partial charge < -0.3 is 5.11 Å². The van der Waals surface area contributed by atoms with Gasteiger partial charge in [0, 0.05) is 17.0 Å². The van der Waals surface area contributed by atoms with Gasteiger partial charge in [-0.3, -0.25) is 4.79 Å². The molecule has 2 aromatic carbocycles. The van der Waals surface area contributed by atoms with Gasteiger partial charge in [0.05, 0.1) is 22.1 Å². The van der Waals surface area contributed by atoms with Crippen molar-refractivity contribution in [2.75, 3.05) is 0 Å². The van der Waals surface area contributed by atoms with Gasteiger partial charge >= 0.3 is 0 Å². The van der Waals surface area contributed by atoms with Crippen molar-refractivity contribution < 1.29 is 5.11 Å². The van der Waals surface area contributed by atoms with Crippen molar-refractivity contribution in [2.45, 2.75) is 19.8 Å². The molecule has 7 heteroatoms. The van der Waals surface area contributed by atoms with E-state index in [1.807, 2.05) is 13.0 Å². The van der Waals surface area contributed by atoms with Gasteiger partial charge in [0.2, 0.25) is 0 Å². The summed E-state index contributed by atoms with van der Waals surface area (Å²) in [6, 6.07) is 10.1. The largest absolute Gasteiger partial charge is 0.506 e. The normalized spacial score (nSPS) is 11.5. The smallest absolute Gasteiger partial charge is 0.282 e. The van der Waals surface area contributed by atoms with Crippen molar-refractivity contribution in [2.24, 2.45) is 5.10 Å². The van der Waals surface area contributed by atoms with E-state index in [9.17, 15) is 9.90 Å². The number of benzene rings is 2. The Morgan fingerprint density at radius 2 is 2.04 bits per heavy atom. The van der Waals surface area contributed by atoms with Crippen molar-refractivity contribution in [3.05, 3.63) is 68.2 Å². The highest BCUT2D eigenvalue weighted by Crippen LogP contribution is 2.30. The zero-order valence-corrected chi connectivity index (χ0v) is 14.9. The minimum atomic E-state index is -0.266. The summed E-state index contributed by atoms with van der Waals surface area (Å²) in [5.74, 6) is 0.406. The lowest BCUT2D eigenvalue weighted by atomic mass is 10.2. The fourth-order valence-corrected chi connectivity index (χ4v) is 2.99. The van der Waals surface area contributed by atoms with Gasteiger partial charge in [0.15, 0.2) is 0 Å². The molecular formula is C18H15Cl2N3O2. The molecule has 0 spiro atoms. The van der Waals surface area contributed by atoms with E-state index in [0.717, 1.165) is 6.42 Å². The minimum Gasteiger partial charge on any atom is -0.506 e. The molecule has 0 amide bonds. The highest BCUT2D eigenvalue weighted by molar-refractivity contribution is 6.36. The van der Waals surface area contributed by atoms with Gasteiger partial charge in [-0.25, -0.2) is 4.98 Å². The van der Waals surface area contributed by atoms with Crippen LogP contribution in [0.4, 0.5) is 0 Å². The molecule has 0 aliphatic heterocycles. The Balaban J connectivity index is 2.16. The quantitative estimate of drug-likeness (QED) is 0.693. The number of para-hydroxylation sites is 1. The van der Waals surface area contributed by atoms with Crippen molar-refractivity contribution in [1.29, 1.82) is 0 Å². The van der Waals surface area contributed by atoms with E-state index in [0.29, 0.717) is 33.7 Å². The summed E-state index contributed by atoms with van der Waals surface area (Å²) in [6.45, 7) is 2.00. The van der Waals surface area contributed by atoms with E-state index < -0.39 is 0 Å². The van der Waals surface area contributed by atoms with E-state index >= 15 is 0 Å². The van der Waals surface area contributed by atoms with Gasteiger partial charge in [0.1, 0.15) is 11.6 Å². The van der Waals surface area contributed by atoms with Gasteiger partial charge in [0.25, 0.3) is 5.56 Å². The number of aromatic nitrogens is 2. The second-order valence-electron chi connectivity index (χ2n) is 5.48. The fraction of sp³-hybridized carbons (Fsp3) is 0.167. The van der Waals surface area contributed by atoms with Crippen LogP contribution in [0, 0.1) is 0 Å². The lowest BCUT2D eigenvalue weighted by Gasteiger charge is -2.08. The molecule has 0 aliphatic rings. The van der Waals surface area contributed by atoms with Crippen LogP contribution < -0.4 is 5.56 Å². The van der Waals surface area contributed by atoms with Gasteiger partial charge in [-0.2, -0.15) is 9.78 Å². The molecule has 0 fully saturated rings. The van der Waals surface area contributed by atoms with Crippen LogP contribution in [0.1, 0.15) is 24.7 Å². The van der Waals surface area contributed by atoms with Crippen molar-refractivity contribution >= 4 is 40.3 Å². The Kier molecular flexibility index (Phi) is 5.06. The zero-order valence-electron chi connectivity index (χ0n) is 13.4. The van der Waals surface area contributed by atoms with Crippen LogP contribution >= 0.6 is 23.2 Å². The molecule has 0 aliphatic carbocycles. The van der Waals surface area contributed by atoms with Crippen LogP contribution in [0.25, 0.3) is 10.9 Å². The number of phenolic OH excluding ortho intramolecular Hbond substituents is 1. The predicted molar refractivity (Wildman–Crippen MR) is 101 cm³/mol. The predicted octanol–water partition coefficient (Wildman–Crippen LogP) is 4.24. The molecule has 1 heterocycles. The Morgan fingerprint density at radius 3 is 2.80 bits per heavy atom. The first-order valence-electron chi connectivity index (χ1n) is 7.74. The molecule has 5 nitrogen and oxygen atoms in total. The third-order valence-corrected chi connectivity index (χ3v) is 4.17. The molecular weight excluding hydrogens is 361 g/mol. The Labute approximate surface area is 154 Å². The maximum absolute atomic E-state index is 12.8. The zero-order chi connectivity index (χ0) is 18.0. The lowest BCUT2D eigenvalue weighted by Crippen LogP contribution is -2.22. The van der Waals surface area contributed by atoms with Crippen molar-refractivity contribution in [3.8, 4) is 5.75 Å². The maximum atomic E-state index is 12.8. The highest BCUT2D eigenvalue weighted by Gasteiger charge is 2.10. The molecule has 0 unspecified atom stereocenters. The van der Waals surface area contributed by atoms with Crippen molar-refractivity contribution in [3.63, 3.8) is 0 Å². The number of aromatic hydroxyl groups is 1. The number of fused-ring (bicyclic) bond motifs is 1. The number of halogens is 2. The first kappa shape index (κ1) is 17.5. The summed E-state index contributed by atoms with van der Waals surface area (Å²) in [6.07, 6.45) is 2.76. The average Bonchev–Trinajstić information content (AvgIpc) is 2.59. The molecule has 0 atom stereocenters. The first-order chi connectivity index (χ1) is 12.0. The minimum absolute atomic E-state index is 0.117. The fourth-order valence-electron chi connectivity index (χ4n) is 2.48. The molecule has 0 bridgehead atoms. The second kappa shape index (κ2) is 7.25. The highest BCUT2D eigenvalue weighted by atomic mass is 35.5. The maximum Gasteiger partial charge on any atom is 0.282 e. The molecule has 0 radical (unpaired) electrons. The molecule has 0 saturated heterocycles. The number of hydrogen-bond donors (Lipinski definition) is 1. The third kappa shape index (κ3) is 3.52. The van der Waals surface area contributed by atoms with E-state index in [4.69, 9.17) is 23.2 Å². The summed E-state index contributed by atoms with van der Waals surface area (Å²) < 4.78 is 1.25. The number of rotatable bonds is 4. The summed E-state index contributed by atoms with van der Waals surface area (Å²) in [5, 5.41) is 15.2. The number of phenols is 1. The summed E-state index contributed by atoms with van der Waals surface area (Å²) >= 11 is 11.9. The molecule has 3 aromatic rings. The third-order valence-electron chi connectivity index (χ3n) is 3.66. The van der Waals surface area contributed by atoms with Gasteiger partial charge in [-0.1, -0.05) is 42.3 Å². The first-order valence-corrected chi connectivity index (χ1v) is 8.50.